The van der Waals surface area contributed by atoms with Crippen molar-refractivity contribution < 1.29 is 27.9 Å². The predicted molar refractivity (Wildman–Crippen MR) is 81.9 cm³/mol. The van der Waals surface area contributed by atoms with Crippen LogP contribution >= 0.6 is 0 Å². The molecule has 1 saturated carbocycles. The summed E-state index contributed by atoms with van der Waals surface area (Å²) in [6.45, 7) is -0.339. The van der Waals surface area contributed by atoms with E-state index < -0.39 is 23.1 Å². The molecule has 0 unspecified atom stereocenters. The zero-order chi connectivity index (χ0) is 18.9. The number of benzene rings is 1. The molecule has 1 aliphatic carbocycles. The number of halogens is 3. The molecule has 1 amide bonds. The number of carboxylic acid groups (broad SMARTS) is 1. The first kappa shape index (κ1) is 17.9. The number of carboxylic acids is 1. The molecule has 138 valence electrons. The minimum Gasteiger partial charge on any atom is -0.480 e. The molecule has 0 bridgehead atoms. The van der Waals surface area contributed by atoms with Crippen molar-refractivity contribution in [3.8, 4) is 0 Å². The SMILES string of the molecule is O=C(O)Cn1cc(CNC(=O)C2(c3cccc(C(F)(F)F)c3)CC2)nn1. The van der Waals surface area contributed by atoms with Crippen molar-refractivity contribution >= 4 is 11.9 Å². The smallest absolute Gasteiger partial charge is 0.416 e. The summed E-state index contributed by atoms with van der Waals surface area (Å²) in [7, 11) is 0. The average Bonchev–Trinajstić information content (AvgIpc) is 3.27. The van der Waals surface area contributed by atoms with E-state index >= 15 is 0 Å². The van der Waals surface area contributed by atoms with Crippen LogP contribution in [-0.4, -0.2) is 32.0 Å². The van der Waals surface area contributed by atoms with Crippen LogP contribution in [0.15, 0.2) is 30.5 Å². The molecule has 2 N–H and O–H groups in total. The van der Waals surface area contributed by atoms with Crippen LogP contribution in [0.1, 0.15) is 29.7 Å². The first-order valence-electron chi connectivity index (χ1n) is 7.77. The lowest BCUT2D eigenvalue weighted by molar-refractivity contribution is -0.138. The Hall–Kier alpha value is -2.91. The van der Waals surface area contributed by atoms with Gasteiger partial charge in [-0.3, -0.25) is 9.59 Å². The molecule has 1 aromatic heterocycles. The minimum atomic E-state index is -4.47. The van der Waals surface area contributed by atoms with E-state index in [1.54, 1.807) is 0 Å². The van der Waals surface area contributed by atoms with Gasteiger partial charge in [-0.1, -0.05) is 23.4 Å². The Morgan fingerprint density at radius 1 is 1.31 bits per heavy atom. The van der Waals surface area contributed by atoms with Crippen molar-refractivity contribution in [2.45, 2.75) is 37.5 Å². The Morgan fingerprint density at radius 2 is 2.04 bits per heavy atom. The van der Waals surface area contributed by atoms with Crippen molar-refractivity contribution in [1.82, 2.24) is 20.3 Å². The Labute approximate surface area is 145 Å². The molecule has 1 aromatic carbocycles. The number of alkyl halides is 3. The van der Waals surface area contributed by atoms with E-state index in [1.165, 1.54) is 18.3 Å². The summed E-state index contributed by atoms with van der Waals surface area (Å²) >= 11 is 0. The van der Waals surface area contributed by atoms with Crippen LogP contribution in [0.4, 0.5) is 13.2 Å². The number of hydrogen-bond donors (Lipinski definition) is 2. The van der Waals surface area contributed by atoms with E-state index in [2.05, 4.69) is 15.6 Å². The quantitative estimate of drug-likeness (QED) is 0.809. The second-order valence-corrected chi connectivity index (χ2v) is 6.14. The Morgan fingerprint density at radius 3 is 2.65 bits per heavy atom. The van der Waals surface area contributed by atoms with E-state index in [0.717, 1.165) is 16.8 Å². The molecule has 1 fully saturated rings. The third-order valence-electron chi connectivity index (χ3n) is 4.24. The summed E-state index contributed by atoms with van der Waals surface area (Å²) in [5.41, 5.74) is -1.05. The number of nitrogens with one attached hydrogen (secondary N) is 1. The molecular formula is C16H15F3N4O3. The lowest BCUT2D eigenvalue weighted by Crippen LogP contribution is -2.34. The third-order valence-corrected chi connectivity index (χ3v) is 4.24. The Kier molecular flexibility index (Phi) is 4.43. The molecule has 7 nitrogen and oxygen atoms in total. The lowest BCUT2D eigenvalue weighted by atomic mass is 9.93. The highest BCUT2D eigenvalue weighted by molar-refractivity contribution is 5.91. The topological polar surface area (TPSA) is 97.1 Å². The molecule has 0 aliphatic heterocycles. The van der Waals surface area contributed by atoms with E-state index in [0.29, 0.717) is 24.1 Å². The molecule has 1 aliphatic rings. The summed E-state index contributed by atoms with van der Waals surface area (Å²) in [6.07, 6.45) is -2.15. The van der Waals surface area contributed by atoms with Gasteiger partial charge in [0.25, 0.3) is 0 Å². The standard InChI is InChI=1S/C16H15F3N4O3/c17-16(18,19)11-3-1-2-10(6-11)15(4-5-15)14(26)20-7-12-8-23(22-21-12)9-13(24)25/h1-3,6,8H,4-5,7,9H2,(H,20,26)(H,24,25). The summed E-state index contributed by atoms with van der Waals surface area (Å²) in [4.78, 5) is 23.1. The first-order chi connectivity index (χ1) is 12.2. The van der Waals surface area contributed by atoms with Crippen LogP contribution in [-0.2, 0) is 34.3 Å². The van der Waals surface area contributed by atoms with Gasteiger partial charge in [0.2, 0.25) is 5.91 Å². The first-order valence-corrected chi connectivity index (χ1v) is 7.77. The van der Waals surface area contributed by atoms with E-state index in [9.17, 15) is 22.8 Å². The molecule has 0 atom stereocenters. The summed E-state index contributed by atoms with van der Waals surface area (Å²) in [6, 6.07) is 4.79. The van der Waals surface area contributed by atoms with Crippen molar-refractivity contribution in [1.29, 1.82) is 0 Å². The van der Waals surface area contributed by atoms with Crippen molar-refractivity contribution in [2.75, 3.05) is 0 Å². The summed E-state index contributed by atoms with van der Waals surface area (Å²) < 4.78 is 39.8. The van der Waals surface area contributed by atoms with Crippen LogP contribution in [0.5, 0.6) is 0 Å². The molecule has 3 rings (SSSR count). The van der Waals surface area contributed by atoms with E-state index in [1.807, 2.05) is 0 Å². The van der Waals surface area contributed by atoms with Crippen LogP contribution in [0.3, 0.4) is 0 Å². The second-order valence-electron chi connectivity index (χ2n) is 6.14. The zero-order valence-corrected chi connectivity index (χ0v) is 13.5. The summed E-state index contributed by atoms with van der Waals surface area (Å²) in [5, 5.41) is 18.7. The molecule has 26 heavy (non-hydrogen) atoms. The maximum Gasteiger partial charge on any atom is 0.416 e. The molecule has 10 heteroatoms. The van der Waals surface area contributed by atoms with Gasteiger partial charge in [0.1, 0.15) is 12.2 Å². The highest BCUT2D eigenvalue weighted by Crippen LogP contribution is 2.49. The van der Waals surface area contributed by atoms with Gasteiger partial charge in [-0.05, 0) is 24.5 Å². The van der Waals surface area contributed by atoms with E-state index in [-0.39, 0.29) is 19.0 Å². The number of hydrogen-bond acceptors (Lipinski definition) is 4. The molecule has 0 radical (unpaired) electrons. The van der Waals surface area contributed by atoms with Gasteiger partial charge >= 0.3 is 12.1 Å². The van der Waals surface area contributed by atoms with Crippen LogP contribution in [0.2, 0.25) is 0 Å². The van der Waals surface area contributed by atoms with Crippen LogP contribution in [0.25, 0.3) is 0 Å². The number of aromatic nitrogens is 3. The number of nitrogens with zero attached hydrogens (tertiary/aromatic N) is 3. The largest absolute Gasteiger partial charge is 0.480 e. The third kappa shape index (κ3) is 3.68. The fourth-order valence-corrected chi connectivity index (χ4v) is 2.74. The van der Waals surface area contributed by atoms with Crippen LogP contribution in [0, 0.1) is 0 Å². The van der Waals surface area contributed by atoms with Gasteiger partial charge in [0.15, 0.2) is 0 Å². The van der Waals surface area contributed by atoms with Crippen molar-refractivity contribution in [2.24, 2.45) is 0 Å². The van der Waals surface area contributed by atoms with Crippen molar-refractivity contribution in [3.05, 3.63) is 47.3 Å². The van der Waals surface area contributed by atoms with Gasteiger partial charge in [-0.15, -0.1) is 5.10 Å². The Balaban J connectivity index is 1.68. The normalized spacial score (nSPS) is 15.5. The minimum absolute atomic E-state index is 0.0131. The molecule has 0 saturated heterocycles. The maximum atomic E-state index is 12.9. The number of carbonyl (C=O) groups excluding carboxylic acids is 1. The number of aliphatic carboxylic acids is 1. The number of rotatable bonds is 6. The monoisotopic (exact) mass is 368 g/mol. The highest BCUT2D eigenvalue weighted by atomic mass is 19.4. The van der Waals surface area contributed by atoms with Gasteiger partial charge < -0.3 is 10.4 Å². The highest BCUT2D eigenvalue weighted by Gasteiger charge is 2.51. The number of amides is 1. The molecular weight excluding hydrogens is 353 g/mol. The average molecular weight is 368 g/mol. The van der Waals surface area contributed by atoms with Gasteiger partial charge in [-0.25, -0.2) is 4.68 Å². The number of carbonyl (C=O) groups is 2. The second kappa shape index (κ2) is 6.43. The predicted octanol–water partition coefficient (Wildman–Crippen LogP) is 1.73. The van der Waals surface area contributed by atoms with E-state index in [4.69, 9.17) is 5.11 Å². The van der Waals surface area contributed by atoms with Gasteiger partial charge in [0, 0.05) is 0 Å². The maximum absolute atomic E-state index is 12.9. The molecule has 1 heterocycles. The zero-order valence-electron chi connectivity index (χ0n) is 13.5. The Bertz CT molecular complexity index is 843. The summed E-state index contributed by atoms with van der Waals surface area (Å²) in [5.74, 6) is -1.46. The van der Waals surface area contributed by atoms with Crippen molar-refractivity contribution in [3.63, 3.8) is 0 Å². The fourth-order valence-electron chi connectivity index (χ4n) is 2.74. The fraction of sp³-hybridized carbons (Fsp3) is 0.375. The lowest BCUT2D eigenvalue weighted by Gasteiger charge is -2.17. The van der Waals surface area contributed by atoms with Gasteiger partial charge in [0.05, 0.1) is 23.7 Å². The molecule has 2 aromatic rings. The molecule has 0 spiro atoms. The van der Waals surface area contributed by atoms with Gasteiger partial charge in [-0.2, -0.15) is 13.2 Å². The van der Waals surface area contributed by atoms with Crippen LogP contribution < -0.4 is 5.32 Å².